The summed E-state index contributed by atoms with van der Waals surface area (Å²) in [6.45, 7) is 5.41. The van der Waals surface area contributed by atoms with E-state index in [9.17, 15) is 4.79 Å². The molecule has 1 aliphatic rings. The zero-order valence-electron chi connectivity index (χ0n) is 17.7. The molecule has 0 unspecified atom stereocenters. The lowest BCUT2D eigenvalue weighted by atomic mass is 10.1. The predicted molar refractivity (Wildman–Crippen MR) is 115 cm³/mol. The van der Waals surface area contributed by atoms with Crippen molar-refractivity contribution in [2.45, 2.75) is 46.2 Å². The van der Waals surface area contributed by atoms with Crippen molar-refractivity contribution >= 4 is 11.4 Å². The van der Waals surface area contributed by atoms with Crippen molar-refractivity contribution in [3.05, 3.63) is 87.3 Å². The van der Waals surface area contributed by atoms with Crippen LogP contribution in [0.15, 0.2) is 58.7 Å². The van der Waals surface area contributed by atoms with Crippen molar-refractivity contribution in [1.29, 1.82) is 0 Å². The molecule has 0 bridgehead atoms. The number of hydrogen-bond donors (Lipinski definition) is 0. The number of fused-ring (bicyclic) bond motifs is 2. The molecule has 0 atom stereocenters. The monoisotopic (exact) mass is 414 g/mol. The second-order valence-electron chi connectivity index (χ2n) is 7.83. The zero-order valence-corrected chi connectivity index (χ0v) is 17.7. The van der Waals surface area contributed by atoms with Gasteiger partial charge in [0.1, 0.15) is 5.69 Å². The van der Waals surface area contributed by atoms with Gasteiger partial charge in [0.15, 0.2) is 5.36 Å². The summed E-state index contributed by atoms with van der Waals surface area (Å²) in [4.78, 5) is 17.6. The van der Waals surface area contributed by atoms with E-state index in [4.69, 9.17) is 0 Å². The van der Waals surface area contributed by atoms with E-state index in [1.807, 2.05) is 35.3 Å². The molecule has 1 aromatic carbocycles. The van der Waals surface area contributed by atoms with Crippen LogP contribution in [0.4, 0.5) is 0 Å². The number of rotatable bonds is 7. The lowest BCUT2D eigenvalue weighted by Gasteiger charge is -2.08. The summed E-state index contributed by atoms with van der Waals surface area (Å²) in [6, 6.07) is 10.2. The number of aromatic nitrogens is 6. The van der Waals surface area contributed by atoms with Crippen LogP contribution in [-0.2, 0) is 13.1 Å². The lowest BCUT2D eigenvalue weighted by molar-refractivity contribution is -0.680. The molecule has 0 N–H and O–H groups in total. The summed E-state index contributed by atoms with van der Waals surface area (Å²) in [5, 5.41) is 13.4. The van der Waals surface area contributed by atoms with Crippen molar-refractivity contribution in [3.8, 4) is 0 Å². The maximum absolute atomic E-state index is 13.1. The van der Waals surface area contributed by atoms with Crippen LogP contribution in [0.3, 0.4) is 0 Å². The van der Waals surface area contributed by atoms with Gasteiger partial charge in [-0.15, -0.1) is 4.40 Å². The van der Waals surface area contributed by atoms with Gasteiger partial charge in [0.2, 0.25) is 5.82 Å². The minimum atomic E-state index is -0.179. The van der Waals surface area contributed by atoms with E-state index < -0.39 is 0 Å². The molecule has 31 heavy (non-hydrogen) atoms. The molecule has 0 saturated carbocycles. The summed E-state index contributed by atoms with van der Waals surface area (Å²) in [6.07, 6.45) is 8.82. The quantitative estimate of drug-likeness (QED) is 0.341. The highest BCUT2D eigenvalue weighted by atomic mass is 16.1. The topological polar surface area (TPSA) is 81.3 Å². The standard InChI is InChI=1S/C23H24N7O/c1-3-4-8-11-29-21-19(13-24-20(21)22(31)30-16(2)26-27-23(29)30)18-12-25-28(15-18)14-17-9-6-5-7-10-17/h5-7,9-10,12-13,15H,3-4,8,11,14H2,1-2H3/q+1. The van der Waals surface area contributed by atoms with Crippen molar-refractivity contribution in [3.63, 3.8) is 0 Å². The van der Waals surface area contributed by atoms with Crippen LogP contribution in [0.2, 0.25) is 0 Å². The third kappa shape index (κ3) is 3.34. The molecule has 0 aliphatic carbocycles. The molecule has 156 valence electrons. The van der Waals surface area contributed by atoms with Crippen LogP contribution in [-0.4, -0.2) is 24.4 Å². The van der Waals surface area contributed by atoms with E-state index in [0.717, 1.165) is 42.6 Å². The van der Waals surface area contributed by atoms with Gasteiger partial charge in [-0.25, -0.2) is 14.4 Å². The molecule has 0 fully saturated rings. The Labute approximate surface area is 179 Å². The van der Waals surface area contributed by atoms with E-state index in [-0.39, 0.29) is 5.56 Å². The molecule has 3 aromatic heterocycles. The van der Waals surface area contributed by atoms with Crippen molar-refractivity contribution in [1.82, 2.24) is 24.4 Å². The largest absolute Gasteiger partial charge is 0.431 e. The maximum Gasteiger partial charge on any atom is 0.431 e. The first kappa shape index (κ1) is 19.3. The first-order chi connectivity index (χ1) is 15.2. The maximum atomic E-state index is 13.1. The van der Waals surface area contributed by atoms with Crippen LogP contribution in [0, 0.1) is 6.92 Å². The second-order valence-corrected chi connectivity index (χ2v) is 7.83. The minimum absolute atomic E-state index is 0.179. The fourth-order valence-corrected chi connectivity index (χ4v) is 4.08. The Morgan fingerprint density at radius 3 is 2.74 bits per heavy atom. The van der Waals surface area contributed by atoms with Crippen LogP contribution < -0.4 is 15.5 Å². The van der Waals surface area contributed by atoms with Gasteiger partial charge in [-0.1, -0.05) is 50.1 Å². The van der Waals surface area contributed by atoms with Crippen molar-refractivity contribution in [2.24, 2.45) is 4.99 Å². The fourth-order valence-electron chi connectivity index (χ4n) is 4.08. The van der Waals surface area contributed by atoms with Gasteiger partial charge in [-0.2, -0.15) is 5.10 Å². The predicted octanol–water partition coefficient (Wildman–Crippen LogP) is 1.86. The highest BCUT2D eigenvalue weighted by Gasteiger charge is 2.30. The highest BCUT2D eigenvalue weighted by Crippen LogP contribution is 2.22. The molecule has 8 heteroatoms. The molecule has 0 saturated heterocycles. The third-order valence-corrected chi connectivity index (χ3v) is 5.64. The lowest BCUT2D eigenvalue weighted by Crippen LogP contribution is -2.51. The van der Waals surface area contributed by atoms with Crippen molar-refractivity contribution in [2.75, 3.05) is 0 Å². The first-order valence-electron chi connectivity index (χ1n) is 10.6. The molecular weight excluding hydrogens is 390 g/mol. The molecule has 0 radical (unpaired) electrons. The molecule has 0 amide bonds. The number of unbranched alkanes of at least 4 members (excludes halogenated alkanes) is 2. The van der Waals surface area contributed by atoms with E-state index in [2.05, 4.69) is 43.9 Å². The number of hydrogen-bond acceptors (Lipinski definition) is 5. The van der Waals surface area contributed by atoms with Gasteiger partial charge in [0, 0.05) is 35.6 Å². The number of aryl methyl sites for hydroxylation is 2. The third-order valence-electron chi connectivity index (χ3n) is 5.64. The van der Waals surface area contributed by atoms with E-state index >= 15 is 0 Å². The van der Waals surface area contributed by atoms with E-state index in [1.54, 1.807) is 17.5 Å². The molecule has 1 aliphatic heterocycles. The molecule has 8 nitrogen and oxygen atoms in total. The Balaban J connectivity index is 1.58. The van der Waals surface area contributed by atoms with Crippen LogP contribution in [0.5, 0.6) is 0 Å². The summed E-state index contributed by atoms with van der Waals surface area (Å²) in [5.41, 5.74) is 3.64. The van der Waals surface area contributed by atoms with Gasteiger partial charge in [0.05, 0.1) is 19.3 Å². The Hall–Kier alpha value is -3.68. The Morgan fingerprint density at radius 1 is 1.10 bits per heavy atom. The number of benzene rings is 1. The summed E-state index contributed by atoms with van der Waals surface area (Å²) in [5.74, 6) is 1.14. The SMILES string of the molecule is CCCCC[n+]1c2c(c(=O)n3c(C)nnc31)=NC=C2c1cnn(Cc2ccccc2)c1. The Bertz CT molecular complexity index is 1400. The first-order valence-corrected chi connectivity index (χ1v) is 10.6. The van der Waals surface area contributed by atoms with Gasteiger partial charge in [-0.3, -0.25) is 4.68 Å². The van der Waals surface area contributed by atoms with E-state index in [1.165, 1.54) is 5.56 Å². The average molecular weight is 414 g/mol. The van der Waals surface area contributed by atoms with Crippen molar-refractivity contribution < 1.29 is 4.57 Å². The molecule has 4 aromatic rings. The smallest absolute Gasteiger partial charge is 0.268 e. The number of nitrogens with zero attached hydrogens (tertiary/aromatic N) is 7. The van der Waals surface area contributed by atoms with Crippen LogP contribution >= 0.6 is 0 Å². The Morgan fingerprint density at radius 2 is 1.94 bits per heavy atom. The summed E-state index contributed by atoms with van der Waals surface area (Å²) >= 11 is 0. The average Bonchev–Trinajstić information content (AvgIpc) is 3.50. The minimum Gasteiger partial charge on any atom is -0.268 e. The fraction of sp³-hybridized carbons (Fsp3) is 0.304. The highest BCUT2D eigenvalue weighted by molar-refractivity contribution is 5.77. The van der Waals surface area contributed by atoms with E-state index in [0.29, 0.717) is 23.5 Å². The van der Waals surface area contributed by atoms with Gasteiger partial charge in [0.25, 0.3) is 0 Å². The molecule has 0 spiro atoms. The normalized spacial score (nSPS) is 12.8. The summed E-state index contributed by atoms with van der Waals surface area (Å²) < 4.78 is 5.55. The molecule has 4 heterocycles. The van der Waals surface area contributed by atoms with Crippen LogP contribution in [0.25, 0.3) is 11.4 Å². The summed E-state index contributed by atoms with van der Waals surface area (Å²) in [7, 11) is 0. The molecular formula is C23H24N7O+. The van der Waals surface area contributed by atoms with Crippen LogP contribution in [0.1, 0.15) is 48.8 Å². The van der Waals surface area contributed by atoms with Gasteiger partial charge in [-0.05, 0) is 17.1 Å². The van der Waals surface area contributed by atoms with Gasteiger partial charge < -0.3 is 0 Å². The Kier molecular flexibility index (Phi) is 4.89. The zero-order chi connectivity index (χ0) is 21.4. The molecule has 5 rings (SSSR count). The second kappa shape index (κ2) is 7.86. The van der Waals surface area contributed by atoms with Gasteiger partial charge >= 0.3 is 11.3 Å².